The van der Waals surface area contributed by atoms with Crippen molar-refractivity contribution in [3.8, 4) is 0 Å². The third-order valence-corrected chi connectivity index (χ3v) is 2.73. The smallest absolute Gasteiger partial charge is 0.273 e. The highest BCUT2D eigenvalue weighted by Gasteiger charge is 2.13. The van der Waals surface area contributed by atoms with Gasteiger partial charge >= 0.3 is 0 Å². The first-order valence-corrected chi connectivity index (χ1v) is 6.61. The maximum Gasteiger partial charge on any atom is 0.273 e. The van der Waals surface area contributed by atoms with Gasteiger partial charge in [-0.15, -0.1) is 0 Å². The van der Waals surface area contributed by atoms with Crippen LogP contribution in [0.1, 0.15) is 36.7 Å². The Morgan fingerprint density at radius 2 is 2.11 bits per heavy atom. The minimum atomic E-state index is -0.125. The lowest BCUT2D eigenvalue weighted by Gasteiger charge is -2.16. The zero-order valence-corrected chi connectivity index (χ0v) is 11.6. The monoisotopic (exact) mass is 266 g/mol. The summed E-state index contributed by atoms with van der Waals surface area (Å²) in [4.78, 5) is 21.9. The second kappa shape index (κ2) is 8.42. The van der Waals surface area contributed by atoms with Gasteiger partial charge in [-0.3, -0.25) is 4.79 Å². The molecule has 1 heterocycles. The average molecular weight is 266 g/mol. The van der Waals surface area contributed by atoms with Crippen LogP contribution in [-0.4, -0.2) is 52.6 Å². The van der Waals surface area contributed by atoms with E-state index in [0.29, 0.717) is 18.1 Å². The number of rotatable bonds is 8. The van der Waals surface area contributed by atoms with Gasteiger partial charge in [-0.1, -0.05) is 0 Å². The molecule has 0 aliphatic heterocycles. The lowest BCUT2D eigenvalue weighted by atomic mass is 10.2. The Hall–Kier alpha value is -1.69. The Kier molecular flexibility index (Phi) is 6.81. The largest absolute Gasteiger partial charge is 0.396 e. The number of unbranched alkanes of at least 4 members (excludes halogenated alkanes) is 2. The van der Waals surface area contributed by atoms with E-state index < -0.39 is 0 Å². The van der Waals surface area contributed by atoms with Gasteiger partial charge in [0.05, 0.1) is 12.4 Å². The summed E-state index contributed by atoms with van der Waals surface area (Å²) in [6.07, 6.45) is 5.63. The fourth-order valence-electron chi connectivity index (χ4n) is 1.65. The molecule has 0 saturated heterocycles. The zero-order chi connectivity index (χ0) is 14.1. The van der Waals surface area contributed by atoms with Crippen molar-refractivity contribution in [2.75, 3.05) is 32.1 Å². The van der Waals surface area contributed by atoms with Gasteiger partial charge in [-0.05, 0) is 26.2 Å². The number of nitrogens with one attached hydrogen (secondary N) is 1. The fourth-order valence-corrected chi connectivity index (χ4v) is 1.65. The Balaban J connectivity index is 2.47. The van der Waals surface area contributed by atoms with E-state index in [1.54, 1.807) is 18.1 Å². The molecule has 19 heavy (non-hydrogen) atoms. The van der Waals surface area contributed by atoms with Crippen molar-refractivity contribution in [2.45, 2.75) is 26.2 Å². The molecule has 0 fully saturated rings. The molecule has 0 unspecified atom stereocenters. The summed E-state index contributed by atoms with van der Waals surface area (Å²) in [6.45, 7) is 3.61. The van der Waals surface area contributed by atoms with E-state index in [1.807, 2.05) is 6.92 Å². The number of amides is 1. The molecule has 1 aromatic heterocycles. The number of anilines is 1. The quantitative estimate of drug-likeness (QED) is 0.690. The summed E-state index contributed by atoms with van der Waals surface area (Å²) in [5.41, 5.74) is 0.353. The molecule has 1 aromatic rings. The first kappa shape index (κ1) is 15.4. The summed E-state index contributed by atoms with van der Waals surface area (Å²) >= 11 is 0. The number of carbonyl (C=O) groups is 1. The van der Waals surface area contributed by atoms with Crippen LogP contribution in [0, 0.1) is 0 Å². The third kappa shape index (κ3) is 5.21. The van der Waals surface area contributed by atoms with Crippen molar-refractivity contribution >= 4 is 11.7 Å². The number of hydrogen-bond donors (Lipinski definition) is 2. The van der Waals surface area contributed by atoms with E-state index in [9.17, 15) is 4.79 Å². The van der Waals surface area contributed by atoms with Crippen LogP contribution in [0.2, 0.25) is 0 Å². The van der Waals surface area contributed by atoms with Crippen LogP contribution >= 0.6 is 0 Å². The van der Waals surface area contributed by atoms with Gasteiger partial charge in [0, 0.05) is 26.7 Å². The molecular weight excluding hydrogens is 244 g/mol. The number of aliphatic hydroxyl groups excluding tert-OH is 1. The van der Waals surface area contributed by atoms with Gasteiger partial charge < -0.3 is 15.3 Å². The van der Waals surface area contributed by atoms with Crippen LogP contribution in [0.25, 0.3) is 0 Å². The molecule has 0 bridgehead atoms. The van der Waals surface area contributed by atoms with Crippen molar-refractivity contribution in [2.24, 2.45) is 0 Å². The maximum absolute atomic E-state index is 12.0. The van der Waals surface area contributed by atoms with Gasteiger partial charge in [0.1, 0.15) is 11.5 Å². The van der Waals surface area contributed by atoms with Gasteiger partial charge in [0.25, 0.3) is 5.91 Å². The molecule has 0 radical (unpaired) electrons. The van der Waals surface area contributed by atoms with Crippen LogP contribution in [0.4, 0.5) is 5.82 Å². The van der Waals surface area contributed by atoms with Crippen LogP contribution in [-0.2, 0) is 0 Å². The van der Waals surface area contributed by atoms with Gasteiger partial charge in [-0.2, -0.15) is 0 Å². The van der Waals surface area contributed by atoms with Gasteiger partial charge in [0.15, 0.2) is 0 Å². The molecule has 2 N–H and O–H groups in total. The Labute approximate surface area is 113 Å². The Morgan fingerprint density at radius 3 is 2.68 bits per heavy atom. The minimum absolute atomic E-state index is 0.125. The number of aliphatic hydroxyl groups is 1. The molecule has 0 aromatic carbocycles. The highest BCUT2D eigenvalue weighted by atomic mass is 16.2. The van der Waals surface area contributed by atoms with E-state index in [1.165, 1.54) is 6.20 Å². The van der Waals surface area contributed by atoms with Gasteiger partial charge in [-0.25, -0.2) is 9.97 Å². The predicted octanol–water partition coefficient (Wildman–Crippen LogP) is 1.14. The summed E-state index contributed by atoms with van der Waals surface area (Å²) in [5, 5.41) is 11.7. The predicted molar refractivity (Wildman–Crippen MR) is 74.1 cm³/mol. The molecule has 0 aliphatic carbocycles. The first-order valence-electron chi connectivity index (χ1n) is 6.61. The number of aromatic nitrogens is 2. The summed E-state index contributed by atoms with van der Waals surface area (Å²) in [5.74, 6) is 0.546. The molecule has 0 aliphatic rings. The number of carbonyl (C=O) groups excluding carboxylic acids is 1. The second-order valence-electron chi connectivity index (χ2n) is 4.33. The van der Waals surface area contributed by atoms with Crippen molar-refractivity contribution in [3.05, 3.63) is 18.1 Å². The first-order chi connectivity index (χ1) is 9.19. The van der Waals surface area contributed by atoms with Gasteiger partial charge in [0.2, 0.25) is 0 Å². The standard InChI is InChI=1S/C13H22N4O2/c1-3-14-12-10-15-11(9-16-12)13(19)17(2)7-5-4-6-8-18/h9-10,18H,3-8H2,1-2H3,(H,14,16). The van der Waals surface area contributed by atoms with E-state index in [2.05, 4.69) is 15.3 Å². The number of nitrogens with zero attached hydrogens (tertiary/aromatic N) is 3. The maximum atomic E-state index is 12.0. The summed E-state index contributed by atoms with van der Waals surface area (Å²) < 4.78 is 0. The lowest BCUT2D eigenvalue weighted by Crippen LogP contribution is -2.28. The fraction of sp³-hybridized carbons (Fsp3) is 0.615. The Morgan fingerprint density at radius 1 is 1.32 bits per heavy atom. The van der Waals surface area contributed by atoms with Crippen molar-refractivity contribution < 1.29 is 9.90 Å². The van der Waals surface area contributed by atoms with Crippen molar-refractivity contribution in [1.29, 1.82) is 0 Å². The molecule has 0 saturated carbocycles. The van der Waals surface area contributed by atoms with Crippen LogP contribution in [0.15, 0.2) is 12.4 Å². The summed E-state index contributed by atoms with van der Waals surface area (Å²) in [7, 11) is 1.75. The van der Waals surface area contributed by atoms with Crippen LogP contribution in [0.5, 0.6) is 0 Å². The normalized spacial score (nSPS) is 10.3. The zero-order valence-electron chi connectivity index (χ0n) is 11.6. The van der Waals surface area contributed by atoms with E-state index >= 15 is 0 Å². The minimum Gasteiger partial charge on any atom is -0.396 e. The Bertz CT molecular complexity index is 381. The third-order valence-electron chi connectivity index (χ3n) is 2.73. The number of hydrogen-bond acceptors (Lipinski definition) is 5. The molecule has 6 heteroatoms. The van der Waals surface area contributed by atoms with Crippen LogP contribution < -0.4 is 5.32 Å². The molecule has 106 valence electrons. The molecule has 0 atom stereocenters. The molecule has 6 nitrogen and oxygen atoms in total. The van der Waals surface area contributed by atoms with Crippen molar-refractivity contribution in [1.82, 2.24) is 14.9 Å². The highest BCUT2D eigenvalue weighted by Crippen LogP contribution is 2.05. The topological polar surface area (TPSA) is 78.4 Å². The van der Waals surface area contributed by atoms with E-state index in [0.717, 1.165) is 25.8 Å². The molecule has 0 spiro atoms. The van der Waals surface area contributed by atoms with E-state index in [4.69, 9.17) is 5.11 Å². The lowest BCUT2D eigenvalue weighted by molar-refractivity contribution is 0.0786. The molecule has 1 rings (SSSR count). The summed E-state index contributed by atoms with van der Waals surface area (Å²) in [6, 6.07) is 0. The van der Waals surface area contributed by atoms with E-state index in [-0.39, 0.29) is 12.5 Å². The van der Waals surface area contributed by atoms with Crippen molar-refractivity contribution in [3.63, 3.8) is 0 Å². The molecule has 1 amide bonds. The average Bonchev–Trinajstić information content (AvgIpc) is 2.44. The highest BCUT2D eigenvalue weighted by molar-refractivity contribution is 5.91. The molecular formula is C13H22N4O2. The second-order valence-corrected chi connectivity index (χ2v) is 4.33. The SMILES string of the molecule is CCNc1cnc(C(=O)N(C)CCCCCO)cn1. The van der Waals surface area contributed by atoms with Crippen LogP contribution in [0.3, 0.4) is 0 Å².